The third-order valence-corrected chi connectivity index (χ3v) is 3.12. The number of aliphatic carboxylic acids is 1. The summed E-state index contributed by atoms with van der Waals surface area (Å²) in [5, 5.41) is 8.74. The first kappa shape index (κ1) is 16.5. The summed E-state index contributed by atoms with van der Waals surface area (Å²) in [5.74, 6) is -2.35. The van der Waals surface area contributed by atoms with E-state index in [-0.39, 0.29) is 12.3 Å². The molecule has 0 aromatic rings. The second kappa shape index (κ2) is 6.24. The van der Waals surface area contributed by atoms with Gasteiger partial charge in [-0.1, -0.05) is 6.92 Å². The molecule has 0 unspecified atom stereocenters. The lowest BCUT2D eigenvalue weighted by Gasteiger charge is -2.28. The van der Waals surface area contributed by atoms with Gasteiger partial charge in [0.05, 0.1) is 6.42 Å². The predicted molar refractivity (Wildman–Crippen MR) is 72.0 cm³/mol. The Kier molecular flexibility index (Phi) is 5.14. The Morgan fingerprint density at radius 2 is 1.95 bits per heavy atom. The van der Waals surface area contributed by atoms with Crippen LogP contribution >= 0.6 is 0 Å². The average Bonchev–Trinajstić information content (AvgIpc) is 2.73. The van der Waals surface area contributed by atoms with Gasteiger partial charge in [0, 0.05) is 12.5 Å². The average molecular weight is 285 g/mol. The van der Waals surface area contributed by atoms with E-state index in [1.165, 1.54) is 4.90 Å². The van der Waals surface area contributed by atoms with Crippen LogP contribution < -0.4 is 0 Å². The van der Waals surface area contributed by atoms with Gasteiger partial charge in [0.1, 0.15) is 11.6 Å². The predicted octanol–water partition coefficient (Wildman–Crippen LogP) is 1.43. The van der Waals surface area contributed by atoms with E-state index in [1.807, 2.05) is 0 Å². The zero-order valence-electron chi connectivity index (χ0n) is 12.5. The summed E-state index contributed by atoms with van der Waals surface area (Å²) < 4.78 is 5.31. The highest BCUT2D eigenvalue weighted by molar-refractivity contribution is 5.88. The number of hydrogen-bond donors (Lipinski definition) is 1. The maximum absolute atomic E-state index is 12.2. The molecule has 1 rings (SSSR count). The summed E-state index contributed by atoms with van der Waals surface area (Å²) in [4.78, 5) is 36.4. The number of carboxylic acid groups (broad SMARTS) is 1. The van der Waals surface area contributed by atoms with Crippen LogP contribution in [-0.2, 0) is 19.1 Å². The van der Waals surface area contributed by atoms with Gasteiger partial charge < -0.3 is 14.7 Å². The number of carbonyl (C=O) groups is 3. The van der Waals surface area contributed by atoms with Gasteiger partial charge in [0.15, 0.2) is 0 Å². The third kappa shape index (κ3) is 4.51. The number of amides is 1. The zero-order chi connectivity index (χ0) is 15.5. The van der Waals surface area contributed by atoms with E-state index in [4.69, 9.17) is 9.84 Å². The molecule has 0 spiro atoms. The maximum atomic E-state index is 12.2. The van der Waals surface area contributed by atoms with Crippen LogP contribution in [0.5, 0.6) is 0 Å². The van der Waals surface area contributed by atoms with Gasteiger partial charge in [0.25, 0.3) is 0 Å². The van der Waals surface area contributed by atoms with Crippen molar-refractivity contribution in [2.45, 2.75) is 58.6 Å². The van der Waals surface area contributed by atoms with Crippen molar-refractivity contribution in [1.82, 2.24) is 4.90 Å². The van der Waals surface area contributed by atoms with Gasteiger partial charge in [-0.25, -0.2) is 4.79 Å². The summed E-state index contributed by atoms with van der Waals surface area (Å²) in [6.07, 6.45) is 1.08. The number of nitrogens with zero attached hydrogens (tertiary/aromatic N) is 1. The van der Waals surface area contributed by atoms with Crippen molar-refractivity contribution >= 4 is 17.8 Å². The molecule has 114 valence electrons. The lowest BCUT2D eigenvalue weighted by molar-refractivity contribution is -0.164. The van der Waals surface area contributed by atoms with Gasteiger partial charge in [0.2, 0.25) is 5.91 Å². The van der Waals surface area contributed by atoms with Crippen molar-refractivity contribution in [3.8, 4) is 0 Å². The molecule has 2 atom stereocenters. The maximum Gasteiger partial charge on any atom is 0.329 e. The first-order valence-corrected chi connectivity index (χ1v) is 6.87. The summed E-state index contributed by atoms with van der Waals surface area (Å²) in [6, 6.07) is -0.585. The lowest BCUT2D eigenvalue weighted by Crippen LogP contribution is -2.45. The quantitative estimate of drug-likeness (QED) is 0.790. The van der Waals surface area contributed by atoms with Crippen LogP contribution in [0.1, 0.15) is 47.0 Å². The molecular formula is C14H23NO5. The van der Waals surface area contributed by atoms with Crippen molar-refractivity contribution in [3.63, 3.8) is 0 Å². The smallest absolute Gasteiger partial charge is 0.329 e. The highest BCUT2D eigenvalue weighted by atomic mass is 16.6. The summed E-state index contributed by atoms with van der Waals surface area (Å²) >= 11 is 0. The number of rotatable bonds is 4. The molecule has 1 fully saturated rings. The Balaban J connectivity index is 2.71. The first-order chi connectivity index (χ1) is 9.11. The van der Waals surface area contributed by atoms with Crippen LogP contribution in [0.25, 0.3) is 0 Å². The van der Waals surface area contributed by atoms with Crippen molar-refractivity contribution < 1.29 is 24.2 Å². The van der Waals surface area contributed by atoms with E-state index >= 15 is 0 Å². The van der Waals surface area contributed by atoms with Crippen LogP contribution in [0.15, 0.2) is 0 Å². The molecule has 1 aliphatic rings. The van der Waals surface area contributed by atoms with Crippen molar-refractivity contribution in [3.05, 3.63) is 0 Å². The molecule has 1 amide bonds. The minimum Gasteiger partial charge on any atom is -0.481 e. The van der Waals surface area contributed by atoms with E-state index in [1.54, 1.807) is 27.7 Å². The fraction of sp³-hybridized carbons (Fsp3) is 0.786. The second-order valence-corrected chi connectivity index (χ2v) is 6.22. The number of carbonyl (C=O) groups excluding carboxylic acids is 2. The standard InChI is InChI=1S/C14H23NO5/c1-9(8-11(16)17)12(18)15-7-5-6-10(15)13(19)20-14(2,3)4/h9-10H,5-8H2,1-4H3,(H,16,17)/t9-,10+/m1/s1. The zero-order valence-corrected chi connectivity index (χ0v) is 12.5. The van der Waals surface area contributed by atoms with E-state index in [0.29, 0.717) is 13.0 Å². The molecule has 0 aliphatic carbocycles. The Morgan fingerprint density at radius 1 is 1.35 bits per heavy atom. The first-order valence-electron chi connectivity index (χ1n) is 6.87. The van der Waals surface area contributed by atoms with E-state index in [0.717, 1.165) is 6.42 Å². The Bertz CT molecular complexity index is 399. The molecule has 1 heterocycles. The minimum atomic E-state index is -1.01. The fourth-order valence-electron chi connectivity index (χ4n) is 2.28. The number of likely N-dealkylation sites (tertiary alicyclic amines) is 1. The molecule has 0 aromatic carbocycles. The highest BCUT2D eigenvalue weighted by Crippen LogP contribution is 2.23. The number of hydrogen-bond acceptors (Lipinski definition) is 4. The van der Waals surface area contributed by atoms with Gasteiger partial charge in [-0.15, -0.1) is 0 Å². The third-order valence-electron chi connectivity index (χ3n) is 3.12. The number of esters is 1. The fourth-order valence-corrected chi connectivity index (χ4v) is 2.28. The van der Waals surface area contributed by atoms with Crippen LogP contribution in [-0.4, -0.2) is 46.0 Å². The van der Waals surface area contributed by atoms with Gasteiger partial charge in [-0.05, 0) is 33.6 Å². The summed E-state index contributed by atoms with van der Waals surface area (Å²) in [6.45, 7) is 7.38. The van der Waals surface area contributed by atoms with Crippen molar-refractivity contribution in [2.75, 3.05) is 6.54 Å². The van der Waals surface area contributed by atoms with E-state index in [2.05, 4.69) is 0 Å². The molecule has 20 heavy (non-hydrogen) atoms. The van der Waals surface area contributed by atoms with Crippen molar-refractivity contribution in [2.24, 2.45) is 5.92 Å². The Hall–Kier alpha value is -1.59. The molecule has 1 aliphatic heterocycles. The number of carboxylic acids is 1. The topological polar surface area (TPSA) is 83.9 Å². The van der Waals surface area contributed by atoms with E-state index < -0.39 is 29.5 Å². The molecule has 1 saturated heterocycles. The normalized spacial score (nSPS) is 20.6. The molecule has 0 saturated carbocycles. The minimum absolute atomic E-state index is 0.226. The van der Waals surface area contributed by atoms with Gasteiger partial charge in [-0.2, -0.15) is 0 Å². The Labute approximate surface area is 119 Å². The number of ether oxygens (including phenoxy) is 1. The molecule has 0 radical (unpaired) electrons. The second-order valence-electron chi connectivity index (χ2n) is 6.22. The molecule has 0 aromatic heterocycles. The molecule has 6 nitrogen and oxygen atoms in total. The summed E-state index contributed by atoms with van der Waals surface area (Å²) in [5.41, 5.74) is -0.596. The molecule has 6 heteroatoms. The summed E-state index contributed by atoms with van der Waals surface area (Å²) in [7, 11) is 0. The largest absolute Gasteiger partial charge is 0.481 e. The van der Waals surface area contributed by atoms with Crippen LogP contribution in [0, 0.1) is 5.92 Å². The van der Waals surface area contributed by atoms with E-state index in [9.17, 15) is 14.4 Å². The van der Waals surface area contributed by atoms with Gasteiger partial charge in [-0.3, -0.25) is 9.59 Å². The molecule has 0 bridgehead atoms. The van der Waals surface area contributed by atoms with Gasteiger partial charge >= 0.3 is 11.9 Å². The van der Waals surface area contributed by atoms with Crippen LogP contribution in [0.4, 0.5) is 0 Å². The van der Waals surface area contributed by atoms with Crippen LogP contribution in [0.3, 0.4) is 0 Å². The SMILES string of the molecule is C[C@H](CC(=O)O)C(=O)N1CCC[C@H]1C(=O)OC(C)(C)C. The highest BCUT2D eigenvalue weighted by Gasteiger charge is 2.38. The van der Waals surface area contributed by atoms with Crippen molar-refractivity contribution in [1.29, 1.82) is 0 Å². The molecular weight excluding hydrogens is 262 g/mol. The van der Waals surface area contributed by atoms with Crippen LogP contribution in [0.2, 0.25) is 0 Å². The molecule has 1 N–H and O–H groups in total. The lowest BCUT2D eigenvalue weighted by atomic mass is 10.1. The Morgan fingerprint density at radius 3 is 2.45 bits per heavy atom. The monoisotopic (exact) mass is 285 g/mol.